The largest absolute Gasteiger partial charge is 0.497 e. The molecule has 222 valence electrons. The molecule has 0 spiro atoms. The van der Waals surface area contributed by atoms with Crippen LogP contribution in [0.25, 0.3) is 0 Å². The number of methoxy groups -OCH3 is 1. The lowest BCUT2D eigenvalue weighted by molar-refractivity contribution is -0.164. The van der Waals surface area contributed by atoms with Gasteiger partial charge in [0.1, 0.15) is 30.0 Å². The maximum absolute atomic E-state index is 13.9. The number of nitrogens with zero attached hydrogens (tertiary/aromatic N) is 2. The first kappa shape index (κ1) is 30.0. The highest BCUT2D eigenvalue weighted by Gasteiger charge is 2.47. The Kier molecular flexibility index (Phi) is 9.57. The predicted molar refractivity (Wildman–Crippen MR) is 145 cm³/mol. The van der Waals surface area contributed by atoms with E-state index in [-0.39, 0.29) is 25.3 Å². The number of nitrogens with one attached hydrogen (secondary N) is 5. The first-order valence-corrected chi connectivity index (χ1v) is 13.6. The van der Waals surface area contributed by atoms with Crippen molar-refractivity contribution in [2.45, 2.75) is 69.5 Å². The van der Waals surface area contributed by atoms with E-state index in [0.717, 1.165) is 5.01 Å². The highest BCUT2D eigenvalue weighted by Crippen LogP contribution is 2.19. The first-order chi connectivity index (χ1) is 19.6. The number of rotatable bonds is 7. The molecule has 2 aromatic rings. The van der Waals surface area contributed by atoms with Gasteiger partial charge in [0, 0.05) is 31.3 Å². The molecule has 41 heavy (non-hydrogen) atoms. The van der Waals surface area contributed by atoms with Crippen LogP contribution in [0.5, 0.6) is 5.75 Å². The SMILES string of the molecule is CC[C@@H](C)[C@H]1NC(=O)[C@H](Cc2ccc(OC)cc2)NC(=O)[C@@H]2[C@H](O)[C@@H](O)CNN2C(=O)[C@@H](Cc2cnc[nH]2)NC1=O. The first-order valence-electron chi connectivity index (χ1n) is 13.6. The number of hydrazine groups is 1. The number of imidazole rings is 1. The normalized spacial score (nSPS) is 28.4. The molecule has 3 heterocycles. The van der Waals surface area contributed by atoms with E-state index in [0.29, 0.717) is 23.4 Å². The van der Waals surface area contributed by atoms with E-state index in [1.54, 1.807) is 31.2 Å². The van der Waals surface area contributed by atoms with Crippen molar-refractivity contribution in [3.63, 3.8) is 0 Å². The molecular weight excluding hydrogens is 534 g/mol. The second-order valence-electron chi connectivity index (χ2n) is 10.4. The summed E-state index contributed by atoms with van der Waals surface area (Å²) in [6, 6.07) is 1.95. The fourth-order valence-corrected chi connectivity index (χ4v) is 4.93. The Morgan fingerprint density at radius 1 is 1.00 bits per heavy atom. The number of aromatic amines is 1. The Morgan fingerprint density at radius 3 is 2.34 bits per heavy atom. The Labute approximate surface area is 237 Å². The molecule has 0 aliphatic carbocycles. The molecule has 2 aliphatic rings. The van der Waals surface area contributed by atoms with Crippen LogP contribution in [0.2, 0.25) is 0 Å². The third-order valence-corrected chi connectivity index (χ3v) is 7.59. The summed E-state index contributed by atoms with van der Waals surface area (Å²) in [4.78, 5) is 61.6. The van der Waals surface area contributed by atoms with Gasteiger partial charge in [0.15, 0.2) is 6.04 Å². The molecule has 2 fully saturated rings. The van der Waals surface area contributed by atoms with Gasteiger partial charge in [-0.15, -0.1) is 0 Å². The minimum atomic E-state index is -1.66. The Bertz CT molecular complexity index is 1220. The van der Waals surface area contributed by atoms with E-state index in [1.165, 1.54) is 19.6 Å². The number of aliphatic hydroxyl groups is 2. The summed E-state index contributed by atoms with van der Waals surface area (Å²) < 4.78 is 5.19. The van der Waals surface area contributed by atoms with Crippen LogP contribution in [-0.2, 0) is 32.0 Å². The van der Waals surface area contributed by atoms with Crippen LogP contribution in [-0.4, -0.2) is 98.8 Å². The summed E-state index contributed by atoms with van der Waals surface area (Å²) in [7, 11) is 1.53. The van der Waals surface area contributed by atoms with Crippen LogP contribution >= 0.6 is 0 Å². The van der Waals surface area contributed by atoms with Crippen molar-refractivity contribution in [1.82, 2.24) is 36.4 Å². The van der Waals surface area contributed by atoms with E-state index < -0.39 is 60.0 Å². The zero-order valence-corrected chi connectivity index (χ0v) is 23.2. The molecule has 2 saturated heterocycles. The van der Waals surface area contributed by atoms with E-state index in [4.69, 9.17) is 4.74 Å². The molecule has 14 nitrogen and oxygen atoms in total. The molecule has 2 aliphatic heterocycles. The van der Waals surface area contributed by atoms with Gasteiger partial charge in [-0.3, -0.25) is 24.2 Å². The highest BCUT2D eigenvalue weighted by atomic mass is 16.5. The summed E-state index contributed by atoms with van der Waals surface area (Å²) in [5.74, 6) is -2.44. The summed E-state index contributed by atoms with van der Waals surface area (Å²) in [6.45, 7) is 3.46. The van der Waals surface area contributed by atoms with Crippen molar-refractivity contribution < 1.29 is 34.1 Å². The molecule has 7 N–H and O–H groups in total. The lowest BCUT2D eigenvalue weighted by atomic mass is 9.95. The molecule has 1 aromatic carbocycles. The number of H-pyrrole nitrogens is 1. The van der Waals surface area contributed by atoms with Gasteiger partial charge in [-0.1, -0.05) is 32.4 Å². The highest BCUT2D eigenvalue weighted by molar-refractivity contribution is 5.98. The van der Waals surface area contributed by atoms with Crippen LogP contribution < -0.4 is 26.1 Å². The van der Waals surface area contributed by atoms with Crippen LogP contribution in [0, 0.1) is 5.92 Å². The predicted octanol–water partition coefficient (Wildman–Crippen LogP) is -1.85. The van der Waals surface area contributed by atoms with Gasteiger partial charge in [0.2, 0.25) is 17.7 Å². The van der Waals surface area contributed by atoms with Gasteiger partial charge >= 0.3 is 0 Å². The van der Waals surface area contributed by atoms with E-state index in [9.17, 15) is 29.4 Å². The van der Waals surface area contributed by atoms with E-state index in [2.05, 4.69) is 31.3 Å². The maximum Gasteiger partial charge on any atom is 0.260 e. The number of β-amino-alcohol motifs (C(OH)–C–C–N with tert-alkyl or cyclic N) is 1. The van der Waals surface area contributed by atoms with Gasteiger partial charge in [0.05, 0.1) is 19.5 Å². The molecule has 0 unspecified atom stereocenters. The molecule has 7 atom stereocenters. The number of benzene rings is 1. The van der Waals surface area contributed by atoms with Crippen molar-refractivity contribution in [3.05, 3.63) is 48.0 Å². The Hall–Kier alpha value is -4.01. The van der Waals surface area contributed by atoms with Crippen molar-refractivity contribution >= 4 is 23.6 Å². The fourth-order valence-electron chi connectivity index (χ4n) is 4.93. The molecule has 0 radical (unpaired) electrons. The number of aromatic nitrogens is 2. The van der Waals surface area contributed by atoms with Gasteiger partial charge in [-0.25, -0.2) is 10.4 Å². The van der Waals surface area contributed by atoms with Crippen LogP contribution in [0.1, 0.15) is 31.5 Å². The summed E-state index contributed by atoms with van der Waals surface area (Å²) in [6.07, 6.45) is 0.489. The van der Waals surface area contributed by atoms with Crippen LogP contribution in [0.3, 0.4) is 0 Å². The van der Waals surface area contributed by atoms with Gasteiger partial charge < -0.3 is 35.9 Å². The van der Waals surface area contributed by atoms with Gasteiger partial charge in [-0.2, -0.15) is 0 Å². The van der Waals surface area contributed by atoms with Crippen LogP contribution in [0.4, 0.5) is 0 Å². The standard InChI is InChI=1S/C27H37N7O7/c1-4-14(2)21-25(38)32-19(10-16-11-28-13-29-16)27(40)34-22(23(36)20(35)12-30-34)26(39)31-18(24(37)33-21)9-15-5-7-17(41-3)8-6-15/h5-8,11,13-14,18-23,30,35-36H,4,9-10,12H2,1-3H3,(H,28,29)(H,31,39)(H,32,38)(H,33,37)/t14-,18+,19-,20+,21-,22+,23-/m1/s1. The number of carbonyl (C=O) groups excluding carboxylic acids is 4. The summed E-state index contributed by atoms with van der Waals surface area (Å²) in [5, 5.41) is 30.3. The molecule has 1 aromatic heterocycles. The lowest BCUT2D eigenvalue weighted by Crippen LogP contribution is -2.72. The van der Waals surface area contributed by atoms with E-state index in [1.807, 2.05) is 6.92 Å². The summed E-state index contributed by atoms with van der Waals surface area (Å²) in [5.41, 5.74) is 3.94. The third-order valence-electron chi connectivity index (χ3n) is 7.59. The Balaban J connectivity index is 1.73. The molecule has 14 heteroatoms. The topological polar surface area (TPSA) is 198 Å². The Morgan fingerprint density at radius 2 is 1.71 bits per heavy atom. The average molecular weight is 572 g/mol. The smallest absolute Gasteiger partial charge is 0.260 e. The van der Waals surface area contributed by atoms with E-state index >= 15 is 0 Å². The number of ether oxygens (including phenoxy) is 1. The zero-order valence-electron chi connectivity index (χ0n) is 23.2. The average Bonchev–Trinajstić information content (AvgIpc) is 3.48. The third kappa shape index (κ3) is 6.84. The van der Waals surface area contributed by atoms with Gasteiger partial charge in [0.25, 0.3) is 5.91 Å². The molecule has 0 bridgehead atoms. The van der Waals surface area contributed by atoms with Crippen molar-refractivity contribution in [2.24, 2.45) is 5.92 Å². The number of fused-ring (bicyclic) bond motifs is 1. The molecule has 4 rings (SSSR count). The van der Waals surface area contributed by atoms with Crippen molar-refractivity contribution in [3.8, 4) is 5.75 Å². The van der Waals surface area contributed by atoms with Crippen LogP contribution in [0.15, 0.2) is 36.8 Å². The molecule has 0 saturated carbocycles. The molecule has 4 amide bonds. The quantitative estimate of drug-likeness (QED) is 0.200. The monoisotopic (exact) mass is 571 g/mol. The maximum atomic E-state index is 13.9. The number of carbonyl (C=O) groups is 4. The summed E-state index contributed by atoms with van der Waals surface area (Å²) >= 11 is 0. The van der Waals surface area contributed by atoms with Gasteiger partial charge in [-0.05, 0) is 23.6 Å². The van der Waals surface area contributed by atoms with Crippen molar-refractivity contribution in [1.29, 1.82) is 0 Å². The minimum absolute atomic E-state index is 0.00297. The molecular formula is C27H37N7O7. The fraction of sp³-hybridized carbons (Fsp3) is 0.519. The lowest BCUT2D eigenvalue weighted by Gasteiger charge is -2.43. The van der Waals surface area contributed by atoms with Crippen molar-refractivity contribution in [2.75, 3.05) is 13.7 Å². The number of amides is 4. The number of hydrogen-bond acceptors (Lipinski definition) is 9. The zero-order chi connectivity index (χ0) is 29.7. The number of aliphatic hydroxyl groups excluding tert-OH is 2. The minimum Gasteiger partial charge on any atom is -0.497 e. The second-order valence-corrected chi connectivity index (χ2v) is 10.4. The number of hydrogen-bond donors (Lipinski definition) is 7. The second kappa shape index (κ2) is 13.1.